The Morgan fingerprint density at radius 3 is 2.83 bits per heavy atom. The molecule has 3 N–H and O–H groups in total. The minimum atomic E-state index is -0.376. The SMILES string of the molecule is N=C(N)c1cc(F)cc(CSc2ccccn2)c1. The van der Waals surface area contributed by atoms with E-state index >= 15 is 0 Å². The van der Waals surface area contributed by atoms with E-state index in [0.29, 0.717) is 11.3 Å². The number of hydrogen-bond acceptors (Lipinski definition) is 3. The van der Waals surface area contributed by atoms with Crippen molar-refractivity contribution >= 4 is 17.6 Å². The average Bonchev–Trinajstić information content (AvgIpc) is 2.37. The number of halogens is 1. The van der Waals surface area contributed by atoms with E-state index in [9.17, 15) is 4.39 Å². The van der Waals surface area contributed by atoms with Crippen molar-refractivity contribution in [3.8, 4) is 0 Å². The Morgan fingerprint density at radius 2 is 2.17 bits per heavy atom. The summed E-state index contributed by atoms with van der Waals surface area (Å²) in [5.41, 5.74) is 6.55. The standard InChI is InChI=1S/C13H12FN3S/c14-11-6-9(5-10(7-11)13(15)16)8-18-12-3-1-2-4-17-12/h1-7H,8H2,(H3,15,16). The van der Waals surface area contributed by atoms with Crippen molar-refractivity contribution in [1.82, 2.24) is 4.98 Å². The maximum absolute atomic E-state index is 13.3. The van der Waals surface area contributed by atoms with Gasteiger partial charge in [-0.15, -0.1) is 11.8 Å². The van der Waals surface area contributed by atoms with E-state index in [-0.39, 0.29) is 11.7 Å². The highest BCUT2D eigenvalue weighted by molar-refractivity contribution is 7.98. The van der Waals surface area contributed by atoms with Crippen LogP contribution in [-0.2, 0) is 5.75 Å². The molecule has 0 radical (unpaired) electrons. The Hall–Kier alpha value is -1.88. The number of aromatic nitrogens is 1. The second-order valence-corrected chi connectivity index (χ2v) is 4.71. The van der Waals surface area contributed by atoms with Gasteiger partial charge in [-0.3, -0.25) is 5.41 Å². The zero-order valence-corrected chi connectivity index (χ0v) is 10.4. The molecule has 0 aliphatic carbocycles. The Balaban J connectivity index is 2.12. The lowest BCUT2D eigenvalue weighted by atomic mass is 10.1. The van der Waals surface area contributed by atoms with Crippen LogP contribution in [0.3, 0.4) is 0 Å². The van der Waals surface area contributed by atoms with Gasteiger partial charge in [0, 0.05) is 17.5 Å². The molecule has 5 heteroatoms. The number of nitrogens with one attached hydrogen (secondary N) is 1. The lowest BCUT2D eigenvalue weighted by Gasteiger charge is -2.05. The van der Waals surface area contributed by atoms with Gasteiger partial charge < -0.3 is 5.73 Å². The maximum atomic E-state index is 13.3. The van der Waals surface area contributed by atoms with Crippen molar-refractivity contribution in [1.29, 1.82) is 5.41 Å². The molecule has 3 nitrogen and oxygen atoms in total. The monoisotopic (exact) mass is 261 g/mol. The van der Waals surface area contributed by atoms with Crippen molar-refractivity contribution in [2.45, 2.75) is 10.8 Å². The second-order valence-electron chi connectivity index (χ2n) is 3.72. The van der Waals surface area contributed by atoms with Gasteiger partial charge in [0.05, 0.1) is 5.03 Å². The third-order valence-electron chi connectivity index (χ3n) is 2.29. The van der Waals surface area contributed by atoms with Crippen LogP contribution >= 0.6 is 11.8 Å². The van der Waals surface area contributed by atoms with Gasteiger partial charge in [0.2, 0.25) is 0 Å². The Morgan fingerprint density at radius 1 is 1.33 bits per heavy atom. The number of nitrogen functional groups attached to an aromatic ring is 1. The molecule has 1 heterocycles. The van der Waals surface area contributed by atoms with Gasteiger partial charge in [-0.05, 0) is 35.9 Å². The summed E-state index contributed by atoms with van der Waals surface area (Å²) in [6.45, 7) is 0. The molecule has 0 aliphatic rings. The number of nitrogens with zero attached hydrogens (tertiary/aromatic N) is 1. The molecular weight excluding hydrogens is 249 g/mol. The normalized spacial score (nSPS) is 10.3. The predicted molar refractivity (Wildman–Crippen MR) is 71.2 cm³/mol. The first-order valence-corrected chi connectivity index (χ1v) is 6.31. The van der Waals surface area contributed by atoms with Crippen molar-refractivity contribution < 1.29 is 4.39 Å². The van der Waals surface area contributed by atoms with E-state index in [1.54, 1.807) is 12.3 Å². The van der Waals surface area contributed by atoms with Crippen LogP contribution < -0.4 is 5.73 Å². The fourth-order valence-corrected chi connectivity index (χ4v) is 2.27. The largest absolute Gasteiger partial charge is 0.384 e. The molecule has 0 unspecified atom stereocenters. The molecule has 1 aromatic heterocycles. The quantitative estimate of drug-likeness (QED) is 0.505. The minimum absolute atomic E-state index is 0.126. The minimum Gasteiger partial charge on any atom is -0.384 e. The molecule has 0 bridgehead atoms. The molecule has 0 saturated heterocycles. The molecular formula is C13H12FN3S. The van der Waals surface area contributed by atoms with Gasteiger partial charge in [0.15, 0.2) is 0 Å². The van der Waals surface area contributed by atoms with Crippen molar-refractivity contribution in [3.63, 3.8) is 0 Å². The summed E-state index contributed by atoms with van der Waals surface area (Å²) in [7, 11) is 0. The van der Waals surface area contributed by atoms with E-state index in [1.165, 1.54) is 23.9 Å². The van der Waals surface area contributed by atoms with E-state index in [0.717, 1.165) is 10.6 Å². The number of rotatable bonds is 4. The van der Waals surface area contributed by atoms with Crippen LogP contribution in [-0.4, -0.2) is 10.8 Å². The second kappa shape index (κ2) is 5.64. The zero-order valence-electron chi connectivity index (χ0n) is 9.56. The third kappa shape index (κ3) is 3.30. The van der Waals surface area contributed by atoms with Crippen LogP contribution in [0.2, 0.25) is 0 Å². The highest BCUT2D eigenvalue weighted by Crippen LogP contribution is 2.21. The van der Waals surface area contributed by atoms with Crippen LogP contribution in [0.5, 0.6) is 0 Å². The highest BCUT2D eigenvalue weighted by atomic mass is 32.2. The number of benzene rings is 1. The first-order chi connectivity index (χ1) is 8.65. The molecule has 0 aliphatic heterocycles. The molecule has 0 saturated carbocycles. The number of amidine groups is 1. The van der Waals surface area contributed by atoms with Crippen LogP contribution in [0.4, 0.5) is 4.39 Å². The average molecular weight is 261 g/mol. The smallest absolute Gasteiger partial charge is 0.124 e. The molecule has 92 valence electrons. The first-order valence-electron chi connectivity index (χ1n) is 5.33. The maximum Gasteiger partial charge on any atom is 0.124 e. The molecule has 0 amide bonds. The van der Waals surface area contributed by atoms with E-state index in [1.807, 2.05) is 18.2 Å². The van der Waals surface area contributed by atoms with Gasteiger partial charge in [-0.2, -0.15) is 0 Å². The summed E-state index contributed by atoms with van der Waals surface area (Å²) in [6, 6.07) is 10.1. The Bertz CT molecular complexity index is 557. The van der Waals surface area contributed by atoms with Crippen molar-refractivity contribution in [2.24, 2.45) is 5.73 Å². The fraction of sp³-hybridized carbons (Fsp3) is 0.0769. The van der Waals surface area contributed by atoms with Crippen molar-refractivity contribution in [3.05, 3.63) is 59.5 Å². The van der Waals surface area contributed by atoms with Gasteiger partial charge in [0.25, 0.3) is 0 Å². The number of pyridine rings is 1. The molecule has 1 aromatic carbocycles. The molecule has 0 spiro atoms. The summed E-state index contributed by atoms with van der Waals surface area (Å²) in [5.74, 6) is 0.0904. The topological polar surface area (TPSA) is 62.8 Å². The van der Waals surface area contributed by atoms with Gasteiger partial charge >= 0.3 is 0 Å². The van der Waals surface area contributed by atoms with Crippen molar-refractivity contribution in [2.75, 3.05) is 0 Å². The van der Waals surface area contributed by atoms with E-state index in [2.05, 4.69) is 4.98 Å². The van der Waals surface area contributed by atoms with Crippen LogP contribution in [0, 0.1) is 11.2 Å². The van der Waals surface area contributed by atoms with Crippen LogP contribution in [0.25, 0.3) is 0 Å². The summed E-state index contributed by atoms with van der Waals surface area (Å²) in [5, 5.41) is 8.20. The summed E-state index contributed by atoms with van der Waals surface area (Å²) in [4.78, 5) is 4.18. The number of nitrogens with two attached hydrogens (primary N) is 1. The molecule has 2 rings (SSSR count). The van der Waals surface area contributed by atoms with Gasteiger partial charge in [-0.1, -0.05) is 6.07 Å². The molecule has 0 atom stereocenters. The zero-order chi connectivity index (χ0) is 13.0. The summed E-state index contributed by atoms with van der Waals surface area (Å²) in [6.07, 6.45) is 1.72. The Labute approximate surface area is 109 Å². The summed E-state index contributed by atoms with van der Waals surface area (Å²) < 4.78 is 13.3. The van der Waals surface area contributed by atoms with Gasteiger partial charge in [0.1, 0.15) is 11.7 Å². The lowest BCUT2D eigenvalue weighted by molar-refractivity contribution is 0.626. The molecule has 2 aromatic rings. The van der Waals surface area contributed by atoms with Crippen LogP contribution in [0.15, 0.2) is 47.6 Å². The summed E-state index contributed by atoms with van der Waals surface area (Å²) >= 11 is 1.51. The molecule has 0 fully saturated rings. The van der Waals surface area contributed by atoms with Crippen LogP contribution in [0.1, 0.15) is 11.1 Å². The van der Waals surface area contributed by atoms with E-state index < -0.39 is 0 Å². The fourth-order valence-electron chi connectivity index (χ4n) is 1.48. The third-order valence-corrected chi connectivity index (χ3v) is 3.31. The molecule has 18 heavy (non-hydrogen) atoms. The lowest BCUT2D eigenvalue weighted by Crippen LogP contribution is -2.11. The predicted octanol–water partition coefficient (Wildman–Crippen LogP) is 2.80. The number of hydrogen-bond donors (Lipinski definition) is 2. The van der Waals surface area contributed by atoms with Gasteiger partial charge in [-0.25, -0.2) is 9.37 Å². The number of thioether (sulfide) groups is 1. The first kappa shape index (κ1) is 12.6. The van der Waals surface area contributed by atoms with E-state index in [4.69, 9.17) is 11.1 Å². The highest BCUT2D eigenvalue weighted by Gasteiger charge is 2.04. The Kier molecular flexibility index (Phi) is 3.94.